The Morgan fingerprint density at radius 3 is 2.86 bits per heavy atom. The molecule has 0 unspecified atom stereocenters. The predicted octanol–water partition coefficient (Wildman–Crippen LogP) is 1.29. The molecule has 5 heteroatoms. The molecular weight excluding hydrogens is 196 g/mol. The van der Waals surface area contributed by atoms with E-state index in [1.54, 1.807) is 12.4 Å². The van der Waals surface area contributed by atoms with E-state index in [-0.39, 0.29) is 5.11 Å². The minimum Gasteiger partial charge on any atom is -0.376 e. The molecule has 3 N–H and O–H groups in total. The van der Waals surface area contributed by atoms with Crippen LogP contribution in [0.4, 0.5) is 5.69 Å². The van der Waals surface area contributed by atoms with Crippen molar-refractivity contribution in [3.63, 3.8) is 0 Å². The number of anilines is 1. The SMILES string of the molecule is NC(=S)Nc1cccc2nccnc12. The molecule has 4 nitrogen and oxygen atoms in total. The average Bonchev–Trinajstić information content (AvgIpc) is 2.18. The number of para-hydroxylation sites is 1. The molecule has 0 atom stereocenters. The summed E-state index contributed by atoms with van der Waals surface area (Å²) in [4.78, 5) is 8.36. The van der Waals surface area contributed by atoms with Crippen molar-refractivity contribution in [1.29, 1.82) is 0 Å². The Kier molecular flexibility index (Phi) is 2.24. The molecule has 0 bridgehead atoms. The van der Waals surface area contributed by atoms with Gasteiger partial charge in [-0.2, -0.15) is 0 Å². The highest BCUT2D eigenvalue weighted by atomic mass is 32.1. The van der Waals surface area contributed by atoms with Gasteiger partial charge in [0.1, 0.15) is 5.52 Å². The van der Waals surface area contributed by atoms with Crippen LogP contribution in [0.15, 0.2) is 30.6 Å². The molecule has 2 aromatic rings. The lowest BCUT2D eigenvalue weighted by Crippen LogP contribution is -2.19. The Bertz CT molecular complexity index is 478. The van der Waals surface area contributed by atoms with E-state index in [9.17, 15) is 0 Å². The van der Waals surface area contributed by atoms with Gasteiger partial charge in [-0.1, -0.05) is 6.07 Å². The summed E-state index contributed by atoms with van der Waals surface area (Å²) in [6.45, 7) is 0. The molecule has 0 spiro atoms. The van der Waals surface area contributed by atoms with Gasteiger partial charge in [0.05, 0.1) is 11.2 Å². The van der Waals surface area contributed by atoms with Gasteiger partial charge in [0.2, 0.25) is 0 Å². The molecule has 0 radical (unpaired) electrons. The fourth-order valence-electron chi connectivity index (χ4n) is 1.23. The van der Waals surface area contributed by atoms with Crippen LogP contribution in [0.25, 0.3) is 11.0 Å². The van der Waals surface area contributed by atoms with E-state index in [4.69, 9.17) is 18.0 Å². The van der Waals surface area contributed by atoms with Gasteiger partial charge >= 0.3 is 0 Å². The number of hydrogen-bond donors (Lipinski definition) is 2. The Morgan fingerprint density at radius 1 is 1.29 bits per heavy atom. The number of hydrogen-bond acceptors (Lipinski definition) is 3. The molecule has 0 saturated heterocycles. The first-order valence-electron chi connectivity index (χ1n) is 4.03. The number of nitrogens with one attached hydrogen (secondary N) is 1. The average molecular weight is 204 g/mol. The van der Waals surface area contributed by atoms with E-state index in [1.807, 2.05) is 18.2 Å². The number of nitrogens with zero attached hydrogens (tertiary/aromatic N) is 2. The fourth-order valence-corrected chi connectivity index (χ4v) is 1.34. The number of benzene rings is 1. The van der Waals surface area contributed by atoms with Gasteiger partial charge in [-0.05, 0) is 24.4 Å². The first-order valence-corrected chi connectivity index (χ1v) is 4.44. The molecule has 0 aliphatic rings. The van der Waals surface area contributed by atoms with Gasteiger partial charge in [-0.3, -0.25) is 9.97 Å². The summed E-state index contributed by atoms with van der Waals surface area (Å²) in [7, 11) is 0. The Balaban J connectivity index is 2.59. The van der Waals surface area contributed by atoms with Crippen LogP contribution < -0.4 is 11.1 Å². The van der Waals surface area contributed by atoms with Crippen LogP contribution >= 0.6 is 12.2 Å². The van der Waals surface area contributed by atoms with Gasteiger partial charge in [-0.25, -0.2) is 0 Å². The monoisotopic (exact) mass is 204 g/mol. The van der Waals surface area contributed by atoms with Crippen LogP contribution in [-0.2, 0) is 0 Å². The lowest BCUT2D eigenvalue weighted by Gasteiger charge is -2.05. The molecule has 14 heavy (non-hydrogen) atoms. The van der Waals surface area contributed by atoms with Crippen molar-refractivity contribution in [3.05, 3.63) is 30.6 Å². The van der Waals surface area contributed by atoms with Crippen LogP contribution in [0.3, 0.4) is 0 Å². The molecule has 0 aliphatic carbocycles. The summed E-state index contributed by atoms with van der Waals surface area (Å²) in [6, 6.07) is 5.61. The maximum Gasteiger partial charge on any atom is 0.168 e. The molecule has 1 aromatic heterocycles. The second-order valence-corrected chi connectivity index (χ2v) is 3.16. The third-order valence-electron chi connectivity index (χ3n) is 1.76. The van der Waals surface area contributed by atoms with Gasteiger partial charge in [0, 0.05) is 12.4 Å². The van der Waals surface area contributed by atoms with Crippen molar-refractivity contribution in [3.8, 4) is 0 Å². The largest absolute Gasteiger partial charge is 0.376 e. The minimum absolute atomic E-state index is 0.225. The van der Waals surface area contributed by atoms with E-state index < -0.39 is 0 Å². The van der Waals surface area contributed by atoms with Gasteiger partial charge in [-0.15, -0.1) is 0 Å². The Morgan fingerprint density at radius 2 is 2.07 bits per heavy atom. The molecule has 0 amide bonds. The van der Waals surface area contributed by atoms with Crippen LogP contribution in [-0.4, -0.2) is 15.1 Å². The highest BCUT2D eigenvalue weighted by Gasteiger charge is 2.01. The summed E-state index contributed by atoms with van der Waals surface area (Å²) >= 11 is 4.76. The highest BCUT2D eigenvalue weighted by molar-refractivity contribution is 7.80. The molecule has 1 aromatic carbocycles. The summed E-state index contributed by atoms with van der Waals surface area (Å²) in [6.07, 6.45) is 3.28. The second kappa shape index (κ2) is 3.55. The zero-order valence-corrected chi connectivity index (χ0v) is 8.08. The van der Waals surface area contributed by atoms with Crippen LogP contribution in [0, 0.1) is 0 Å². The van der Waals surface area contributed by atoms with Crippen molar-refractivity contribution >= 4 is 34.1 Å². The smallest absolute Gasteiger partial charge is 0.168 e. The summed E-state index contributed by atoms with van der Waals surface area (Å²) in [5.74, 6) is 0. The van der Waals surface area contributed by atoms with Crippen LogP contribution in [0.5, 0.6) is 0 Å². The molecule has 0 saturated carbocycles. The van der Waals surface area contributed by atoms with Gasteiger partial charge < -0.3 is 11.1 Å². The van der Waals surface area contributed by atoms with E-state index in [0.29, 0.717) is 0 Å². The second-order valence-electron chi connectivity index (χ2n) is 2.72. The maximum atomic E-state index is 5.39. The van der Waals surface area contributed by atoms with Crippen molar-refractivity contribution < 1.29 is 0 Å². The van der Waals surface area contributed by atoms with E-state index in [2.05, 4.69) is 15.3 Å². The lowest BCUT2D eigenvalue weighted by molar-refractivity contribution is 1.29. The van der Waals surface area contributed by atoms with E-state index in [0.717, 1.165) is 16.7 Å². The first kappa shape index (κ1) is 8.83. The standard InChI is InChI=1S/C9H8N4S/c10-9(14)13-7-3-1-2-6-8(7)12-5-4-11-6/h1-5H,(H3,10,13,14). The normalized spacial score (nSPS) is 10.0. The summed E-state index contributed by atoms with van der Waals surface area (Å²) < 4.78 is 0. The molecule has 0 fully saturated rings. The molecule has 2 rings (SSSR count). The number of rotatable bonds is 1. The molecule has 0 aliphatic heterocycles. The number of aromatic nitrogens is 2. The van der Waals surface area contributed by atoms with Crippen LogP contribution in [0.2, 0.25) is 0 Å². The van der Waals surface area contributed by atoms with Crippen molar-refractivity contribution in [1.82, 2.24) is 9.97 Å². The first-order chi connectivity index (χ1) is 6.77. The van der Waals surface area contributed by atoms with Crippen molar-refractivity contribution in [2.75, 3.05) is 5.32 Å². The van der Waals surface area contributed by atoms with E-state index in [1.165, 1.54) is 0 Å². The predicted molar refractivity (Wildman–Crippen MR) is 59.9 cm³/mol. The zero-order valence-electron chi connectivity index (χ0n) is 7.27. The Hall–Kier alpha value is -1.75. The fraction of sp³-hybridized carbons (Fsp3) is 0. The van der Waals surface area contributed by atoms with Crippen LogP contribution in [0.1, 0.15) is 0 Å². The third-order valence-corrected chi connectivity index (χ3v) is 1.86. The summed E-state index contributed by atoms with van der Waals surface area (Å²) in [5, 5.41) is 3.08. The van der Waals surface area contributed by atoms with Crippen molar-refractivity contribution in [2.24, 2.45) is 5.73 Å². The lowest BCUT2D eigenvalue weighted by atomic mass is 10.2. The minimum atomic E-state index is 0.225. The Labute approximate surface area is 86.2 Å². The topological polar surface area (TPSA) is 63.8 Å². The molecular formula is C9H8N4S. The number of fused-ring (bicyclic) bond motifs is 1. The van der Waals surface area contributed by atoms with Gasteiger partial charge in [0.15, 0.2) is 5.11 Å². The quantitative estimate of drug-likeness (QED) is 0.685. The summed E-state index contributed by atoms with van der Waals surface area (Å²) in [5.41, 5.74) is 7.75. The van der Waals surface area contributed by atoms with E-state index >= 15 is 0 Å². The molecule has 1 heterocycles. The number of thiocarbonyl (C=S) groups is 1. The molecule has 70 valence electrons. The zero-order chi connectivity index (χ0) is 9.97. The highest BCUT2D eigenvalue weighted by Crippen LogP contribution is 2.18. The van der Waals surface area contributed by atoms with Gasteiger partial charge in [0.25, 0.3) is 0 Å². The third kappa shape index (κ3) is 1.62. The maximum absolute atomic E-state index is 5.39. The number of nitrogens with two attached hydrogens (primary N) is 1. The van der Waals surface area contributed by atoms with Crippen molar-refractivity contribution in [2.45, 2.75) is 0 Å².